The number of morpholine rings is 1. The summed E-state index contributed by atoms with van der Waals surface area (Å²) in [5, 5.41) is 0.530. The van der Waals surface area contributed by atoms with E-state index in [-0.39, 0.29) is 36.3 Å². The fourth-order valence-electron chi connectivity index (χ4n) is 3.22. The van der Waals surface area contributed by atoms with Crippen LogP contribution in [0.3, 0.4) is 0 Å². The van der Waals surface area contributed by atoms with E-state index in [0.29, 0.717) is 30.4 Å². The molecular weight excluding hydrogens is 316 g/mol. The van der Waals surface area contributed by atoms with Crippen molar-refractivity contribution in [3.63, 3.8) is 0 Å². The molecule has 0 aromatic heterocycles. The zero-order valence-electron chi connectivity index (χ0n) is 13.4. The Kier molecular flexibility index (Phi) is 4.60. The maximum atomic E-state index is 12.8. The van der Waals surface area contributed by atoms with Crippen LogP contribution in [0.15, 0.2) is 24.3 Å². The Labute approximate surface area is 141 Å². The predicted octanol–water partition coefficient (Wildman–Crippen LogP) is 2.33. The van der Waals surface area contributed by atoms with Crippen molar-refractivity contribution in [2.45, 2.75) is 32.4 Å². The fraction of sp³-hybridized carbons (Fsp3) is 0.529. The number of carbonyl (C=O) groups excluding carboxylic acids is 2. The van der Waals surface area contributed by atoms with Crippen LogP contribution in [0, 0.1) is 5.92 Å². The number of anilines is 1. The molecule has 2 aliphatic rings. The molecule has 3 unspecified atom stereocenters. The summed E-state index contributed by atoms with van der Waals surface area (Å²) < 4.78 is 5.57. The van der Waals surface area contributed by atoms with Crippen LogP contribution >= 0.6 is 11.6 Å². The van der Waals surface area contributed by atoms with Crippen LogP contribution in [0.25, 0.3) is 0 Å². The molecule has 23 heavy (non-hydrogen) atoms. The molecule has 0 radical (unpaired) electrons. The third-order valence-electron chi connectivity index (χ3n) is 4.51. The van der Waals surface area contributed by atoms with Crippen LogP contribution in [-0.4, -0.2) is 48.6 Å². The van der Waals surface area contributed by atoms with E-state index in [9.17, 15) is 9.59 Å². The molecule has 2 saturated heterocycles. The maximum Gasteiger partial charge on any atom is 0.228 e. The molecule has 0 N–H and O–H groups in total. The molecule has 3 rings (SSSR count). The highest BCUT2D eigenvalue weighted by Crippen LogP contribution is 2.32. The van der Waals surface area contributed by atoms with Crippen molar-refractivity contribution in [3.05, 3.63) is 29.3 Å². The summed E-state index contributed by atoms with van der Waals surface area (Å²) in [6.45, 7) is 5.45. The van der Waals surface area contributed by atoms with Gasteiger partial charge in [-0.25, -0.2) is 0 Å². The highest BCUT2D eigenvalue weighted by Gasteiger charge is 2.40. The van der Waals surface area contributed by atoms with Gasteiger partial charge in [0.1, 0.15) is 0 Å². The van der Waals surface area contributed by atoms with E-state index < -0.39 is 0 Å². The maximum absolute atomic E-state index is 12.8. The monoisotopic (exact) mass is 336 g/mol. The first-order chi connectivity index (χ1) is 11.0. The SMILES string of the molecule is CC1CN(C(=O)C2CC(=O)N(c3ccccc3Cl)C2)C(C)CO1. The van der Waals surface area contributed by atoms with Gasteiger partial charge in [0, 0.05) is 19.5 Å². The second-order valence-electron chi connectivity index (χ2n) is 6.34. The van der Waals surface area contributed by atoms with Crippen molar-refractivity contribution in [2.75, 3.05) is 24.6 Å². The fourth-order valence-corrected chi connectivity index (χ4v) is 3.46. The molecule has 1 aromatic carbocycles. The number of benzene rings is 1. The third-order valence-corrected chi connectivity index (χ3v) is 4.83. The summed E-state index contributed by atoms with van der Waals surface area (Å²) in [6, 6.07) is 7.28. The number of nitrogens with zero attached hydrogens (tertiary/aromatic N) is 2. The molecule has 2 amide bonds. The summed E-state index contributed by atoms with van der Waals surface area (Å²) in [5.41, 5.74) is 0.679. The van der Waals surface area contributed by atoms with E-state index in [0.717, 1.165) is 0 Å². The molecule has 0 aliphatic carbocycles. The van der Waals surface area contributed by atoms with Gasteiger partial charge in [0.25, 0.3) is 0 Å². The lowest BCUT2D eigenvalue weighted by molar-refractivity contribution is -0.147. The van der Waals surface area contributed by atoms with Crippen molar-refractivity contribution in [1.82, 2.24) is 4.90 Å². The molecule has 0 saturated carbocycles. The average Bonchev–Trinajstić information content (AvgIpc) is 2.91. The lowest BCUT2D eigenvalue weighted by Gasteiger charge is -2.38. The Bertz CT molecular complexity index is 622. The molecule has 0 bridgehead atoms. The molecule has 124 valence electrons. The van der Waals surface area contributed by atoms with Gasteiger partial charge in [0.15, 0.2) is 0 Å². The first-order valence-electron chi connectivity index (χ1n) is 7.94. The Balaban J connectivity index is 1.74. The first kappa shape index (κ1) is 16.3. The van der Waals surface area contributed by atoms with Crippen LogP contribution < -0.4 is 4.90 Å². The quantitative estimate of drug-likeness (QED) is 0.833. The van der Waals surface area contributed by atoms with E-state index in [2.05, 4.69) is 0 Å². The second kappa shape index (κ2) is 6.49. The van der Waals surface area contributed by atoms with Gasteiger partial charge in [-0.3, -0.25) is 9.59 Å². The minimum absolute atomic E-state index is 0.0342. The smallest absolute Gasteiger partial charge is 0.228 e. The van der Waals surface area contributed by atoms with Gasteiger partial charge in [-0.1, -0.05) is 23.7 Å². The summed E-state index contributed by atoms with van der Waals surface area (Å²) in [5.74, 6) is -0.326. The molecule has 3 atom stereocenters. The number of hydrogen-bond donors (Lipinski definition) is 0. The molecule has 1 aromatic rings. The van der Waals surface area contributed by atoms with Crippen LogP contribution in [-0.2, 0) is 14.3 Å². The highest BCUT2D eigenvalue weighted by molar-refractivity contribution is 6.33. The van der Waals surface area contributed by atoms with Gasteiger partial charge in [0.2, 0.25) is 11.8 Å². The minimum atomic E-state index is -0.313. The van der Waals surface area contributed by atoms with Crippen molar-refractivity contribution >= 4 is 29.1 Å². The molecule has 0 spiro atoms. The summed E-state index contributed by atoms with van der Waals surface area (Å²) >= 11 is 6.18. The predicted molar refractivity (Wildman–Crippen MR) is 88.5 cm³/mol. The Morgan fingerprint density at radius 1 is 1.26 bits per heavy atom. The standard InChI is InChI=1S/C17H21ClN2O3/c1-11-10-23-12(2)8-19(11)17(22)13-7-16(21)20(9-13)15-6-4-3-5-14(15)18/h3-6,11-13H,7-10H2,1-2H3. The first-order valence-corrected chi connectivity index (χ1v) is 8.32. The van der Waals surface area contributed by atoms with Crippen LogP contribution in [0.4, 0.5) is 5.69 Å². The van der Waals surface area contributed by atoms with E-state index in [1.807, 2.05) is 36.9 Å². The van der Waals surface area contributed by atoms with Gasteiger partial charge in [0.05, 0.1) is 35.4 Å². The Morgan fingerprint density at radius 2 is 2.00 bits per heavy atom. The van der Waals surface area contributed by atoms with Crippen molar-refractivity contribution in [2.24, 2.45) is 5.92 Å². The van der Waals surface area contributed by atoms with Gasteiger partial charge in [-0.2, -0.15) is 0 Å². The number of halogens is 1. The second-order valence-corrected chi connectivity index (χ2v) is 6.75. The molecule has 2 aliphatic heterocycles. The van der Waals surface area contributed by atoms with E-state index in [4.69, 9.17) is 16.3 Å². The van der Waals surface area contributed by atoms with E-state index in [1.165, 1.54) is 0 Å². The number of amides is 2. The lowest BCUT2D eigenvalue weighted by atomic mass is 10.0. The summed E-state index contributed by atoms with van der Waals surface area (Å²) in [7, 11) is 0. The van der Waals surface area contributed by atoms with E-state index in [1.54, 1.807) is 11.0 Å². The zero-order chi connectivity index (χ0) is 16.6. The third kappa shape index (κ3) is 3.21. The molecule has 6 heteroatoms. The van der Waals surface area contributed by atoms with Crippen LogP contribution in [0.1, 0.15) is 20.3 Å². The largest absolute Gasteiger partial charge is 0.375 e. The highest BCUT2D eigenvalue weighted by atomic mass is 35.5. The van der Waals surface area contributed by atoms with Gasteiger partial charge >= 0.3 is 0 Å². The number of carbonyl (C=O) groups is 2. The zero-order valence-corrected chi connectivity index (χ0v) is 14.1. The lowest BCUT2D eigenvalue weighted by Crippen LogP contribution is -2.52. The van der Waals surface area contributed by atoms with Crippen molar-refractivity contribution < 1.29 is 14.3 Å². The topological polar surface area (TPSA) is 49.9 Å². The minimum Gasteiger partial charge on any atom is -0.375 e. The van der Waals surface area contributed by atoms with Crippen LogP contribution in [0.2, 0.25) is 5.02 Å². The number of para-hydroxylation sites is 1. The Hall–Kier alpha value is -1.59. The van der Waals surface area contributed by atoms with Crippen LogP contribution in [0.5, 0.6) is 0 Å². The average molecular weight is 337 g/mol. The van der Waals surface area contributed by atoms with Crippen molar-refractivity contribution in [1.29, 1.82) is 0 Å². The normalized spacial score (nSPS) is 28.3. The Morgan fingerprint density at radius 3 is 2.74 bits per heavy atom. The van der Waals surface area contributed by atoms with Gasteiger partial charge in [-0.05, 0) is 26.0 Å². The van der Waals surface area contributed by atoms with E-state index >= 15 is 0 Å². The van der Waals surface area contributed by atoms with Gasteiger partial charge in [-0.15, -0.1) is 0 Å². The number of hydrogen-bond acceptors (Lipinski definition) is 3. The number of ether oxygens (including phenoxy) is 1. The summed E-state index contributed by atoms with van der Waals surface area (Å²) in [6.07, 6.45) is 0.273. The van der Waals surface area contributed by atoms with Gasteiger partial charge < -0.3 is 14.5 Å². The molecular formula is C17H21ClN2O3. The molecule has 2 fully saturated rings. The van der Waals surface area contributed by atoms with Crippen molar-refractivity contribution in [3.8, 4) is 0 Å². The molecule has 5 nitrogen and oxygen atoms in total. The summed E-state index contributed by atoms with van der Waals surface area (Å²) in [4.78, 5) is 28.6. The number of rotatable bonds is 2. The molecule has 2 heterocycles.